The van der Waals surface area contributed by atoms with Gasteiger partial charge in [-0.15, -0.1) is 11.1 Å². The number of benzene rings is 4. The van der Waals surface area contributed by atoms with Gasteiger partial charge in [-0.25, -0.2) is 6.08 Å². The zero-order valence-electron chi connectivity index (χ0n) is 36.7. The summed E-state index contributed by atoms with van der Waals surface area (Å²) >= 11 is 1.46. The molecule has 0 saturated heterocycles. The van der Waals surface area contributed by atoms with Gasteiger partial charge in [0.15, 0.2) is 0 Å². The summed E-state index contributed by atoms with van der Waals surface area (Å²) < 4.78 is 1.42. The van der Waals surface area contributed by atoms with Gasteiger partial charge in [0.05, 0.1) is 0 Å². The van der Waals surface area contributed by atoms with E-state index in [1.165, 1.54) is 95.1 Å². The summed E-state index contributed by atoms with van der Waals surface area (Å²) in [5.41, 5.74) is 16.3. The molecule has 0 radical (unpaired) electrons. The maximum absolute atomic E-state index is 3.67. The first-order valence-electron chi connectivity index (χ1n) is 20.1. The third-order valence-electron chi connectivity index (χ3n) is 10.7. The molecule has 0 spiro atoms. The van der Waals surface area contributed by atoms with Crippen molar-refractivity contribution in [2.24, 2.45) is 11.3 Å². The van der Waals surface area contributed by atoms with E-state index in [-0.39, 0.29) is 21.7 Å². The molecular formula is C53H68Zr. The van der Waals surface area contributed by atoms with Crippen molar-refractivity contribution in [2.45, 2.75) is 145 Å². The van der Waals surface area contributed by atoms with E-state index in [1.54, 1.807) is 0 Å². The Bertz CT molecular complexity index is 1840. The van der Waals surface area contributed by atoms with E-state index >= 15 is 0 Å². The van der Waals surface area contributed by atoms with Gasteiger partial charge in [-0.2, -0.15) is 35.4 Å². The topological polar surface area (TPSA) is 0 Å². The van der Waals surface area contributed by atoms with Crippen LogP contribution in [-0.4, -0.2) is 3.21 Å². The average molecular weight is 796 g/mol. The molecule has 0 aliphatic heterocycles. The first-order valence-corrected chi connectivity index (χ1v) is 21.3. The van der Waals surface area contributed by atoms with Crippen molar-refractivity contribution in [3.63, 3.8) is 0 Å². The fraction of sp³-hybridized carbons (Fsp3) is 0.453. The fourth-order valence-electron chi connectivity index (χ4n) is 6.68. The number of hydrogen-bond acceptors (Lipinski definition) is 0. The molecule has 4 aromatic carbocycles. The van der Waals surface area contributed by atoms with Crippen molar-refractivity contribution in [2.75, 3.05) is 0 Å². The minimum absolute atomic E-state index is 0.167. The molecule has 0 nitrogen and oxygen atoms in total. The van der Waals surface area contributed by atoms with E-state index < -0.39 is 0 Å². The molecule has 1 heteroatoms. The van der Waals surface area contributed by atoms with Gasteiger partial charge >= 0.3 is 151 Å². The van der Waals surface area contributed by atoms with Crippen molar-refractivity contribution >= 4 is 3.21 Å². The van der Waals surface area contributed by atoms with Crippen molar-refractivity contribution in [1.29, 1.82) is 0 Å². The summed E-state index contributed by atoms with van der Waals surface area (Å²) in [6, 6.07) is 33.3. The van der Waals surface area contributed by atoms with Crippen molar-refractivity contribution in [1.82, 2.24) is 0 Å². The third-order valence-corrected chi connectivity index (χ3v) is 12.1. The Morgan fingerprint density at radius 2 is 1.04 bits per heavy atom. The largest absolute Gasteiger partial charge is 0.269 e. The SMILES string of the molecule is CC(C)(C)c1[c-]c2c(cc1)-c1ccc(C(C)(C)C)cc1C2.CC(C)(C)c1ccc([C](=[Zr+2])c2ccc(C(C)(C)C)cc2)cc1.CCC1[C-]=CC(C(C)(C)C)=C1. The van der Waals surface area contributed by atoms with E-state index in [1.807, 2.05) is 0 Å². The van der Waals surface area contributed by atoms with Gasteiger partial charge in [-0.05, 0) is 28.4 Å². The zero-order valence-corrected chi connectivity index (χ0v) is 39.1. The number of hydrogen-bond donors (Lipinski definition) is 0. The summed E-state index contributed by atoms with van der Waals surface area (Å²) in [5.74, 6) is 0.573. The van der Waals surface area contributed by atoms with Crippen LogP contribution in [0.15, 0.2) is 96.6 Å². The molecule has 0 amide bonds. The van der Waals surface area contributed by atoms with Crippen LogP contribution in [0.2, 0.25) is 0 Å². The molecule has 0 saturated carbocycles. The Labute approximate surface area is 346 Å². The van der Waals surface area contributed by atoms with Crippen LogP contribution in [0.25, 0.3) is 11.1 Å². The van der Waals surface area contributed by atoms with Crippen LogP contribution in [0, 0.1) is 23.5 Å². The summed E-state index contributed by atoms with van der Waals surface area (Å²) in [5, 5.41) is 0. The first-order chi connectivity index (χ1) is 24.8. The Balaban J connectivity index is 0.000000191. The van der Waals surface area contributed by atoms with E-state index in [2.05, 4.69) is 214 Å². The summed E-state index contributed by atoms with van der Waals surface area (Å²) in [4.78, 5) is 0. The summed E-state index contributed by atoms with van der Waals surface area (Å²) in [6.07, 6.45) is 10.0. The smallest absolute Gasteiger partial charge is 0.0640 e. The number of rotatable bonds is 3. The second-order valence-corrected chi connectivity index (χ2v) is 21.8. The van der Waals surface area contributed by atoms with Crippen LogP contribution in [0.1, 0.15) is 162 Å². The monoisotopic (exact) mass is 794 g/mol. The molecule has 6 rings (SSSR count). The second kappa shape index (κ2) is 16.7. The van der Waals surface area contributed by atoms with Gasteiger partial charge in [0, 0.05) is 0 Å². The van der Waals surface area contributed by atoms with Crippen LogP contribution in [0.3, 0.4) is 0 Å². The third kappa shape index (κ3) is 11.3. The fourth-order valence-corrected chi connectivity index (χ4v) is 7.50. The van der Waals surface area contributed by atoms with Gasteiger partial charge in [-0.1, -0.05) is 111 Å². The quantitative estimate of drug-likeness (QED) is 0.160. The molecule has 0 fully saturated rings. The van der Waals surface area contributed by atoms with E-state index in [9.17, 15) is 0 Å². The van der Waals surface area contributed by atoms with Gasteiger partial charge in [0.1, 0.15) is 0 Å². The molecule has 0 aromatic heterocycles. The normalized spacial score (nSPS) is 15.4. The maximum atomic E-state index is 3.67. The van der Waals surface area contributed by atoms with Crippen LogP contribution in [-0.2, 0) is 52.3 Å². The van der Waals surface area contributed by atoms with Crippen molar-refractivity contribution in [3.05, 3.63) is 153 Å². The molecule has 0 heterocycles. The predicted octanol–water partition coefficient (Wildman–Crippen LogP) is 14.4. The molecule has 0 N–H and O–H groups in total. The van der Waals surface area contributed by atoms with Crippen LogP contribution in [0.4, 0.5) is 0 Å². The molecule has 54 heavy (non-hydrogen) atoms. The Morgan fingerprint density at radius 1 is 0.574 bits per heavy atom. The Kier molecular flexibility index (Phi) is 13.5. The average Bonchev–Trinajstić information content (AvgIpc) is 3.72. The molecule has 1 unspecified atom stereocenters. The van der Waals surface area contributed by atoms with E-state index in [0.717, 1.165) is 6.42 Å². The Morgan fingerprint density at radius 3 is 1.43 bits per heavy atom. The van der Waals surface area contributed by atoms with Gasteiger partial charge in [0.2, 0.25) is 0 Å². The van der Waals surface area contributed by atoms with Crippen LogP contribution >= 0.6 is 0 Å². The van der Waals surface area contributed by atoms with Crippen LogP contribution in [0.5, 0.6) is 0 Å². The van der Waals surface area contributed by atoms with Crippen molar-refractivity contribution < 1.29 is 24.2 Å². The molecule has 2 aliphatic rings. The molecule has 2 aliphatic carbocycles. The summed E-state index contributed by atoms with van der Waals surface area (Å²) in [7, 11) is 0. The van der Waals surface area contributed by atoms with E-state index in [4.69, 9.17) is 0 Å². The predicted molar refractivity (Wildman–Crippen MR) is 234 cm³/mol. The number of allylic oxidation sites excluding steroid dienone is 4. The van der Waals surface area contributed by atoms with Gasteiger partial charge < -0.3 is 0 Å². The van der Waals surface area contributed by atoms with Crippen molar-refractivity contribution in [3.8, 4) is 11.1 Å². The second-order valence-electron chi connectivity index (χ2n) is 20.5. The summed E-state index contributed by atoms with van der Waals surface area (Å²) in [6.45, 7) is 36.1. The van der Waals surface area contributed by atoms with Crippen LogP contribution < -0.4 is 0 Å². The minimum Gasteiger partial charge on any atom is -0.269 e. The molecule has 1 atom stereocenters. The maximum Gasteiger partial charge on any atom is -0.0640 e. The molecule has 0 bridgehead atoms. The first kappa shape index (κ1) is 43.8. The number of fused-ring (bicyclic) bond motifs is 3. The minimum atomic E-state index is 0.167. The molecule has 4 aromatic rings. The molecule has 284 valence electrons. The zero-order chi connectivity index (χ0) is 40.4. The Hall–Kier alpha value is -2.89. The van der Waals surface area contributed by atoms with Gasteiger partial charge in [0.25, 0.3) is 0 Å². The van der Waals surface area contributed by atoms with Gasteiger partial charge in [-0.3, -0.25) is 6.08 Å². The molecular weight excluding hydrogens is 728 g/mol. The van der Waals surface area contributed by atoms with E-state index in [0.29, 0.717) is 11.3 Å². The standard InChI is InChI=1S/C21H25.C21H26.C11H17.Zr/c1-20(2,3)16-7-9-18-14(12-16)11-15-13-17(21(4,5)6)8-10-19(15)18;1-20(2,3)18-11-7-16(8-12-18)15-17-9-13-19(14-10-17)21(4,5)6;1-5-9-6-7-10(8-9)11(2,3)4;/h7-10,12H,11H2,1-6H3;7-14H,1-6H3;7-9H,5H2,1-4H3;/q-1;;-1;+2.